The molecule has 1 saturated heterocycles. The summed E-state index contributed by atoms with van der Waals surface area (Å²) in [6.07, 6.45) is 2.77. The predicted molar refractivity (Wildman–Crippen MR) is 128 cm³/mol. The molecule has 0 unspecified atom stereocenters. The molecule has 0 atom stereocenters. The van der Waals surface area contributed by atoms with Gasteiger partial charge in [0.15, 0.2) is 5.78 Å². The molecule has 0 aromatic heterocycles. The number of hydrogen-bond acceptors (Lipinski definition) is 5. The van der Waals surface area contributed by atoms with Gasteiger partial charge >= 0.3 is 0 Å². The Bertz CT molecular complexity index is 950. The molecule has 0 spiro atoms. The lowest BCUT2D eigenvalue weighted by Gasteiger charge is -2.30. The third kappa shape index (κ3) is 7.71. The number of carbonyl (C=O) groups excluding carboxylic acids is 3. The van der Waals surface area contributed by atoms with Crippen molar-refractivity contribution in [2.45, 2.75) is 45.6 Å². The lowest BCUT2D eigenvalue weighted by Crippen LogP contribution is -2.38. The van der Waals surface area contributed by atoms with E-state index in [1.807, 2.05) is 31.2 Å². The second-order valence-electron chi connectivity index (χ2n) is 8.50. The van der Waals surface area contributed by atoms with Gasteiger partial charge in [-0.1, -0.05) is 19.1 Å². The average molecular weight is 452 g/mol. The first-order valence-corrected chi connectivity index (χ1v) is 11.6. The highest BCUT2D eigenvalue weighted by Crippen LogP contribution is 2.20. The number of benzene rings is 2. The Morgan fingerprint density at radius 3 is 2.45 bits per heavy atom. The molecule has 1 aliphatic heterocycles. The summed E-state index contributed by atoms with van der Waals surface area (Å²) in [5.74, 6) is 0.243. The fourth-order valence-corrected chi connectivity index (χ4v) is 3.93. The molecule has 33 heavy (non-hydrogen) atoms. The summed E-state index contributed by atoms with van der Waals surface area (Å²) >= 11 is 0. The van der Waals surface area contributed by atoms with Gasteiger partial charge in [-0.25, -0.2) is 0 Å². The molecule has 0 bridgehead atoms. The molecule has 7 heteroatoms. The van der Waals surface area contributed by atoms with Crippen LogP contribution in [0.2, 0.25) is 0 Å². The van der Waals surface area contributed by atoms with Crippen LogP contribution >= 0.6 is 0 Å². The molecule has 2 aromatic carbocycles. The van der Waals surface area contributed by atoms with Crippen LogP contribution in [-0.4, -0.2) is 42.2 Å². The minimum atomic E-state index is -0.212. The summed E-state index contributed by atoms with van der Waals surface area (Å²) in [7, 11) is 0. The number of ketones is 1. The van der Waals surface area contributed by atoms with Crippen LogP contribution in [-0.2, 0) is 16.1 Å². The normalized spacial score (nSPS) is 14.6. The zero-order valence-electron chi connectivity index (χ0n) is 19.2. The molecule has 1 heterocycles. The Kier molecular flexibility index (Phi) is 9.01. The van der Waals surface area contributed by atoms with Crippen LogP contribution in [0.3, 0.4) is 0 Å². The van der Waals surface area contributed by atoms with Gasteiger partial charge in [0.25, 0.3) is 0 Å². The van der Waals surface area contributed by atoms with Crippen molar-refractivity contribution in [3.63, 3.8) is 0 Å². The monoisotopic (exact) mass is 451 g/mol. The summed E-state index contributed by atoms with van der Waals surface area (Å²) in [5.41, 5.74) is 7.79. The number of carbonyl (C=O) groups is 3. The highest BCUT2D eigenvalue weighted by Gasteiger charge is 2.23. The first kappa shape index (κ1) is 24.5. The third-order valence-electron chi connectivity index (χ3n) is 5.84. The Labute approximate surface area is 195 Å². The van der Waals surface area contributed by atoms with Gasteiger partial charge in [-0.15, -0.1) is 0 Å². The smallest absolute Gasteiger partial charge is 0.224 e. The van der Waals surface area contributed by atoms with Crippen LogP contribution < -0.4 is 15.8 Å². The first-order valence-electron chi connectivity index (χ1n) is 11.6. The van der Waals surface area contributed by atoms with Crippen molar-refractivity contribution in [2.24, 2.45) is 11.7 Å². The maximum atomic E-state index is 12.4. The van der Waals surface area contributed by atoms with Crippen molar-refractivity contribution in [3.8, 4) is 5.75 Å². The summed E-state index contributed by atoms with van der Waals surface area (Å²) in [5, 5.41) is 2.89. The number of likely N-dealkylation sites (tertiary alicyclic amines) is 1. The number of ether oxygens (including phenoxy) is 1. The maximum Gasteiger partial charge on any atom is 0.224 e. The van der Waals surface area contributed by atoms with E-state index in [1.165, 1.54) is 0 Å². The number of amides is 2. The molecule has 7 nitrogen and oxygen atoms in total. The Hall–Kier alpha value is -3.19. The fourth-order valence-electron chi connectivity index (χ4n) is 3.93. The van der Waals surface area contributed by atoms with Crippen molar-refractivity contribution in [3.05, 3.63) is 59.7 Å². The van der Waals surface area contributed by atoms with E-state index in [-0.39, 0.29) is 36.4 Å². The van der Waals surface area contributed by atoms with Crippen LogP contribution in [0.15, 0.2) is 48.5 Å². The molecule has 3 rings (SSSR count). The van der Waals surface area contributed by atoms with E-state index in [0.29, 0.717) is 12.2 Å². The second-order valence-corrected chi connectivity index (χ2v) is 8.50. The first-order chi connectivity index (χ1) is 15.9. The molecule has 2 amide bonds. The maximum absolute atomic E-state index is 12.4. The highest BCUT2D eigenvalue weighted by molar-refractivity contribution is 6.00. The molecule has 1 fully saturated rings. The van der Waals surface area contributed by atoms with Gasteiger partial charge in [-0.3, -0.25) is 19.3 Å². The van der Waals surface area contributed by atoms with Crippen molar-refractivity contribution in [1.82, 2.24) is 4.90 Å². The van der Waals surface area contributed by atoms with Gasteiger partial charge in [0.1, 0.15) is 5.75 Å². The fraction of sp³-hybridized carbons (Fsp3) is 0.423. The van der Waals surface area contributed by atoms with E-state index in [2.05, 4.69) is 10.2 Å². The van der Waals surface area contributed by atoms with Crippen molar-refractivity contribution >= 4 is 23.3 Å². The largest absolute Gasteiger partial charge is 0.494 e. The molecule has 0 saturated carbocycles. The quantitative estimate of drug-likeness (QED) is 0.506. The van der Waals surface area contributed by atoms with Gasteiger partial charge in [-0.05, 0) is 74.3 Å². The zero-order valence-corrected chi connectivity index (χ0v) is 19.2. The van der Waals surface area contributed by atoms with Crippen molar-refractivity contribution in [2.75, 3.05) is 25.0 Å². The van der Waals surface area contributed by atoms with Crippen molar-refractivity contribution in [1.29, 1.82) is 0 Å². The van der Waals surface area contributed by atoms with Crippen LogP contribution in [0.25, 0.3) is 0 Å². The molecule has 0 radical (unpaired) electrons. The number of nitrogens with one attached hydrogen (secondary N) is 1. The van der Waals surface area contributed by atoms with Crippen LogP contribution in [0.1, 0.15) is 54.9 Å². The predicted octanol–water partition coefficient (Wildman–Crippen LogP) is 3.77. The molecular formula is C26H33N3O4. The number of rotatable bonds is 11. The molecule has 1 aliphatic rings. The average Bonchev–Trinajstić information content (AvgIpc) is 2.82. The van der Waals surface area contributed by atoms with Crippen LogP contribution in [0, 0.1) is 5.92 Å². The van der Waals surface area contributed by atoms with Gasteiger partial charge < -0.3 is 15.8 Å². The summed E-state index contributed by atoms with van der Waals surface area (Å²) in [6, 6.07) is 14.8. The molecular weight excluding hydrogens is 418 g/mol. The molecule has 2 aromatic rings. The van der Waals surface area contributed by atoms with Gasteiger partial charge in [0.2, 0.25) is 11.8 Å². The lowest BCUT2D eigenvalue weighted by molar-refractivity contribution is -0.123. The SMILES string of the molecule is CCCOc1ccc(C(=O)CCC(=O)Nc2cccc(CN3CCC(C(N)=O)CC3)c2)cc1. The number of anilines is 1. The van der Waals surface area contributed by atoms with Gasteiger partial charge in [0.05, 0.1) is 6.61 Å². The van der Waals surface area contributed by atoms with E-state index < -0.39 is 0 Å². The van der Waals surface area contributed by atoms with E-state index in [1.54, 1.807) is 24.3 Å². The number of hydrogen-bond donors (Lipinski definition) is 2. The summed E-state index contributed by atoms with van der Waals surface area (Å²) < 4.78 is 5.53. The molecule has 0 aliphatic carbocycles. The van der Waals surface area contributed by atoms with E-state index in [9.17, 15) is 14.4 Å². The molecule has 176 valence electrons. The number of nitrogens with zero attached hydrogens (tertiary/aromatic N) is 1. The molecule has 3 N–H and O–H groups in total. The van der Waals surface area contributed by atoms with Gasteiger partial charge in [-0.2, -0.15) is 0 Å². The Balaban J connectivity index is 1.44. The Morgan fingerprint density at radius 2 is 1.79 bits per heavy atom. The zero-order chi connectivity index (χ0) is 23.6. The lowest BCUT2D eigenvalue weighted by atomic mass is 9.96. The second kappa shape index (κ2) is 12.2. The highest BCUT2D eigenvalue weighted by atomic mass is 16.5. The number of piperidine rings is 1. The van der Waals surface area contributed by atoms with Crippen LogP contribution in [0.4, 0.5) is 5.69 Å². The number of nitrogens with two attached hydrogens (primary N) is 1. The minimum Gasteiger partial charge on any atom is -0.494 e. The van der Waals surface area contributed by atoms with Crippen LogP contribution in [0.5, 0.6) is 5.75 Å². The van der Waals surface area contributed by atoms with E-state index in [4.69, 9.17) is 10.5 Å². The summed E-state index contributed by atoms with van der Waals surface area (Å²) in [4.78, 5) is 38.4. The van der Waals surface area contributed by atoms with Gasteiger partial charge in [0, 0.05) is 36.6 Å². The number of Topliss-reactive ketones (excluding diaryl/α,β-unsaturated/α-hetero) is 1. The van der Waals surface area contributed by atoms with Crippen molar-refractivity contribution < 1.29 is 19.1 Å². The number of primary amides is 1. The topological polar surface area (TPSA) is 102 Å². The van der Waals surface area contributed by atoms with E-state index in [0.717, 1.165) is 55.9 Å². The van der Waals surface area contributed by atoms with E-state index >= 15 is 0 Å². The summed E-state index contributed by atoms with van der Waals surface area (Å²) in [6.45, 7) is 5.10. The third-order valence-corrected chi connectivity index (χ3v) is 5.84. The standard InChI is InChI=1S/C26H33N3O4/c1-2-16-33-23-8-6-20(7-9-23)24(30)10-11-25(31)28-22-5-3-4-19(17-22)18-29-14-12-21(13-15-29)26(27)32/h3-9,17,21H,2,10-16,18H2,1H3,(H2,27,32)(H,28,31). The Morgan fingerprint density at radius 1 is 1.06 bits per heavy atom. The minimum absolute atomic E-state index is 0.0260.